The lowest BCUT2D eigenvalue weighted by atomic mass is 9.94. The Morgan fingerprint density at radius 3 is 2.71 bits per heavy atom. The van der Waals surface area contributed by atoms with Gasteiger partial charge >= 0.3 is 0 Å². The van der Waals surface area contributed by atoms with Gasteiger partial charge in [-0.1, -0.05) is 24.3 Å². The summed E-state index contributed by atoms with van der Waals surface area (Å²) in [6, 6.07) is 17.8. The third kappa shape index (κ3) is 6.49. The van der Waals surface area contributed by atoms with Crippen LogP contribution in [0.3, 0.4) is 0 Å². The van der Waals surface area contributed by atoms with Gasteiger partial charge in [0.25, 0.3) is 11.8 Å². The van der Waals surface area contributed by atoms with Gasteiger partial charge in [-0.05, 0) is 55.3 Å². The third-order valence-corrected chi connectivity index (χ3v) is 7.45. The summed E-state index contributed by atoms with van der Waals surface area (Å²) in [4.78, 5) is 40.5. The molecule has 2 N–H and O–H groups in total. The van der Waals surface area contributed by atoms with Gasteiger partial charge in [-0.3, -0.25) is 14.4 Å². The van der Waals surface area contributed by atoms with Crippen molar-refractivity contribution in [3.05, 3.63) is 89.2 Å². The average molecular weight is 562 g/mol. The van der Waals surface area contributed by atoms with Crippen molar-refractivity contribution in [2.45, 2.75) is 44.1 Å². The van der Waals surface area contributed by atoms with Crippen LogP contribution in [0.15, 0.2) is 66.7 Å². The highest BCUT2D eigenvalue weighted by Gasteiger charge is 2.39. The number of benzene rings is 3. The topological polar surface area (TPSA) is 106 Å². The molecular weight excluding hydrogens is 529 g/mol. The number of methoxy groups -OCH3 is 1. The van der Waals surface area contributed by atoms with E-state index < -0.39 is 6.10 Å². The number of amides is 3. The highest BCUT2D eigenvalue weighted by Crippen LogP contribution is 2.32. The van der Waals surface area contributed by atoms with E-state index in [2.05, 4.69) is 10.6 Å². The maximum atomic E-state index is 13.9. The van der Waals surface area contributed by atoms with Crippen molar-refractivity contribution in [2.75, 3.05) is 26.1 Å². The van der Waals surface area contributed by atoms with E-state index in [-0.39, 0.29) is 55.3 Å². The van der Waals surface area contributed by atoms with Crippen LogP contribution in [-0.2, 0) is 16.1 Å². The number of nitrogens with zero attached hydrogens (tertiary/aromatic N) is 1. The Bertz CT molecular complexity index is 1450. The Balaban J connectivity index is 1.22. The summed E-state index contributed by atoms with van der Waals surface area (Å²) in [5, 5.41) is 5.59. The van der Waals surface area contributed by atoms with Gasteiger partial charge in [-0.2, -0.15) is 0 Å². The molecule has 1 saturated heterocycles. The summed E-state index contributed by atoms with van der Waals surface area (Å²) in [6.07, 6.45) is 0.556. The monoisotopic (exact) mass is 561 g/mol. The number of ether oxygens (including phenoxy) is 3. The Hall–Kier alpha value is -4.44. The van der Waals surface area contributed by atoms with Crippen LogP contribution in [0.5, 0.6) is 11.5 Å². The molecule has 3 atom stereocenters. The zero-order chi connectivity index (χ0) is 28.9. The standard InChI is InChI=1S/C31H32FN3O6/c1-35-26-12-11-23(16-29(36)33-17-20-6-3-4-9-25(20)32)41-28(26)18-40-27-13-10-21(15-24(27)31(35)38)34-30(37)19-7-5-8-22(14-19)39-2/h3-10,13-15,23,26,28H,11-12,16-18H2,1-2H3,(H,33,36)(H,34,37)/t23-,26+,28+/m1/s1. The first-order valence-corrected chi connectivity index (χ1v) is 13.5. The molecule has 3 aromatic carbocycles. The number of halogens is 1. The Labute approximate surface area is 237 Å². The van der Waals surface area contributed by atoms with E-state index in [9.17, 15) is 18.8 Å². The number of nitrogens with one attached hydrogen (secondary N) is 2. The molecule has 0 radical (unpaired) electrons. The molecule has 2 heterocycles. The average Bonchev–Trinajstić information content (AvgIpc) is 2.99. The molecule has 0 unspecified atom stereocenters. The molecule has 10 heteroatoms. The van der Waals surface area contributed by atoms with Gasteiger partial charge in [-0.25, -0.2) is 4.39 Å². The number of rotatable bonds is 7. The fraction of sp³-hybridized carbons (Fsp3) is 0.323. The Morgan fingerprint density at radius 1 is 1.07 bits per heavy atom. The minimum absolute atomic E-state index is 0.101. The molecule has 2 aliphatic rings. The summed E-state index contributed by atoms with van der Waals surface area (Å²) in [5.41, 5.74) is 1.64. The van der Waals surface area contributed by atoms with Crippen molar-refractivity contribution < 1.29 is 33.0 Å². The van der Waals surface area contributed by atoms with Gasteiger partial charge in [0.15, 0.2) is 0 Å². The first-order chi connectivity index (χ1) is 19.8. The quantitative estimate of drug-likeness (QED) is 0.449. The second-order valence-electron chi connectivity index (χ2n) is 10.1. The number of hydrogen-bond acceptors (Lipinski definition) is 6. The van der Waals surface area contributed by atoms with Crippen molar-refractivity contribution in [2.24, 2.45) is 0 Å². The predicted molar refractivity (Wildman–Crippen MR) is 150 cm³/mol. The predicted octanol–water partition coefficient (Wildman–Crippen LogP) is 4.17. The summed E-state index contributed by atoms with van der Waals surface area (Å²) in [5.74, 6) is -0.237. The van der Waals surface area contributed by atoms with E-state index >= 15 is 0 Å². The number of carbonyl (C=O) groups excluding carboxylic acids is 3. The van der Waals surface area contributed by atoms with Gasteiger partial charge in [0.05, 0.1) is 31.2 Å². The molecular formula is C31H32FN3O6. The van der Waals surface area contributed by atoms with Crippen molar-refractivity contribution >= 4 is 23.4 Å². The summed E-state index contributed by atoms with van der Waals surface area (Å²) in [6.45, 7) is 0.293. The van der Waals surface area contributed by atoms with E-state index in [1.54, 1.807) is 72.6 Å². The van der Waals surface area contributed by atoms with Crippen molar-refractivity contribution in [3.63, 3.8) is 0 Å². The van der Waals surface area contributed by atoms with E-state index in [1.165, 1.54) is 13.2 Å². The SMILES string of the molecule is COc1cccc(C(=O)Nc2ccc3c(c2)C(=O)N(C)[C@H]2CC[C@H](CC(=O)NCc4ccccc4F)O[C@H]2CO3)c1. The molecule has 1 fully saturated rings. The van der Waals surface area contributed by atoms with Gasteiger partial charge < -0.3 is 29.7 Å². The molecule has 0 saturated carbocycles. The lowest BCUT2D eigenvalue weighted by molar-refractivity contribution is -0.134. The zero-order valence-electron chi connectivity index (χ0n) is 22.9. The number of fused-ring (bicyclic) bond motifs is 2. The van der Waals surface area contributed by atoms with Crippen molar-refractivity contribution in [1.29, 1.82) is 0 Å². The van der Waals surface area contributed by atoms with Crippen LogP contribution < -0.4 is 20.1 Å². The van der Waals surface area contributed by atoms with Gasteiger partial charge in [0.1, 0.15) is 30.0 Å². The molecule has 41 heavy (non-hydrogen) atoms. The maximum absolute atomic E-state index is 13.9. The van der Waals surface area contributed by atoms with Crippen LogP contribution in [0.4, 0.5) is 10.1 Å². The number of carbonyl (C=O) groups is 3. The van der Waals surface area contributed by atoms with Gasteiger partial charge in [0, 0.05) is 30.4 Å². The van der Waals surface area contributed by atoms with Gasteiger partial charge in [0.2, 0.25) is 5.91 Å². The molecule has 5 rings (SSSR count). The maximum Gasteiger partial charge on any atom is 0.257 e. The Morgan fingerprint density at radius 2 is 1.90 bits per heavy atom. The fourth-order valence-corrected chi connectivity index (χ4v) is 5.19. The van der Waals surface area contributed by atoms with Crippen LogP contribution in [0.25, 0.3) is 0 Å². The number of hydrogen-bond donors (Lipinski definition) is 2. The number of likely N-dealkylation sites (N-methyl/N-ethyl adjacent to an activating group) is 1. The molecule has 214 valence electrons. The van der Waals surface area contributed by atoms with E-state index in [0.717, 1.165) is 0 Å². The van der Waals surface area contributed by atoms with E-state index in [0.29, 0.717) is 46.7 Å². The van der Waals surface area contributed by atoms with E-state index in [1.807, 2.05) is 0 Å². The molecule has 9 nitrogen and oxygen atoms in total. The van der Waals surface area contributed by atoms with Crippen molar-refractivity contribution in [3.8, 4) is 11.5 Å². The second kappa shape index (κ2) is 12.4. The minimum atomic E-state index is -0.428. The molecule has 2 aliphatic heterocycles. The highest BCUT2D eigenvalue weighted by molar-refractivity contribution is 6.05. The van der Waals surface area contributed by atoms with Crippen LogP contribution in [0.1, 0.15) is 45.5 Å². The lowest BCUT2D eigenvalue weighted by Gasteiger charge is -2.42. The molecule has 0 bridgehead atoms. The molecule has 0 spiro atoms. The van der Waals surface area contributed by atoms with Gasteiger partial charge in [-0.15, -0.1) is 0 Å². The van der Waals surface area contributed by atoms with Crippen LogP contribution in [0, 0.1) is 5.82 Å². The first kappa shape index (κ1) is 28.1. The lowest BCUT2D eigenvalue weighted by Crippen LogP contribution is -2.53. The second-order valence-corrected chi connectivity index (χ2v) is 10.1. The molecule has 0 aliphatic carbocycles. The highest BCUT2D eigenvalue weighted by atomic mass is 19.1. The first-order valence-electron chi connectivity index (χ1n) is 13.5. The Kier molecular flexibility index (Phi) is 8.49. The fourth-order valence-electron chi connectivity index (χ4n) is 5.19. The van der Waals surface area contributed by atoms with Crippen LogP contribution in [-0.4, -0.2) is 61.6 Å². The van der Waals surface area contributed by atoms with Crippen LogP contribution >= 0.6 is 0 Å². The minimum Gasteiger partial charge on any atom is -0.497 e. The smallest absolute Gasteiger partial charge is 0.257 e. The molecule has 3 aromatic rings. The molecule has 0 aromatic heterocycles. The van der Waals surface area contributed by atoms with Crippen molar-refractivity contribution in [1.82, 2.24) is 10.2 Å². The van der Waals surface area contributed by atoms with E-state index in [4.69, 9.17) is 14.2 Å². The zero-order valence-corrected chi connectivity index (χ0v) is 22.9. The summed E-state index contributed by atoms with van der Waals surface area (Å²) in [7, 11) is 3.25. The normalized spacial score (nSPS) is 20.0. The summed E-state index contributed by atoms with van der Waals surface area (Å²) < 4.78 is 31.3. The number of anilines is 1. The summed E-state index contributed by atoms with van der Waals surface area (Å²) >= 11 is 0. The van der Waals surface area contributed by atoms with Crippen LogP contribution in [0.2, 0.25) is 0 Å². The third-order valence-electron chi connectivity index (χ3n) is 7.45. The molecule has 3 amide bonds. The largest absolute Gasteiger partial charge is 0.497 e.